The van der Waals surface area contributed by atoms with Crippen molar-refractivity contribution in [3.8, 4) is 0 Å². The Morgan fingerprint density at radius 1 is 1.44 bits per heavy atom. The first-order chi connectivity index (χ1) is 8.42. The second kappa shape index (κ2) is 6.68. The van der Waals surface area contributed by atoms with E-state index < -0.39 is 18.6 Å². The van der Waals surface area contributed by atoms with E-state index in [-0.39, 0.29) is 18.8 Å². The Hall–Kier alpha value is -1.17. The summed E-state index contributed by atoms with van der Waals surface area (Å²) in [5.41, 5.74) is 0. The van der Waals surface area contributed by atoms with Gasteiger partial charge in [0, 0.05) is 12.3 Å². The minimum atomic E-state index is -4.43. The van der Waals surface area contributed by atoms with Crippen LogP contribution in [0.4, 0.5) is 13.2 Å². The highest BCUT2D eigenvalue weighted by atomic mass is 35.5. The zero-order valence-electron chi connectivity index (χ0n) is 9.54. The van der Waals surface area contributed by atoms with Gasteiger partial charge in [-0.15, -0.1) is 11.6 Å². The molecule has 0 radical (unpaired) electrons. The molecule has 0 unspecified atom stereocenters. The van der Waals surface area contributed by atoms with Crippen LogP contribution in [-0.2, 0) is 11.3 Å². The minimum absolute atomic E-state index is 0.000286. The number of nitrogens with zero attached hydrogens (tertiary/aromatic N) is 1. The Morgan fingerprint density at radius 3 is 2.67 bits per heavy atom. The van der Waals surface area contributed by atoms with Crippen molar-refractivity contribution < 1.29 is 22.4 Å². The van der Waals surface area contributed by atoms with Gasteiger partial charge in [0.2, 0.25) is 5.91 Å². The van der Waals surface area contributed by atoms with Crippen LogP contribution in [0.15, 0.2) is 22.8 Å². The van der Waals surface area contributed by atoms with E-state index >= 15 is 0 Å². The van der Waals surface area contributed by atoms with Gasteiger partial charge in [0.05, 0.1) is 12.8 Å². The van der Waals surface area contributed by atoms with Gasteiger partial charge in [-0.05, 0) is 18.6 Å². The number of amides is 1. The Morgan fingerprint density at radius 2 is 2.17 bits per heavy atom. The maximum absolute atomic E-state index is 12.4. The average Bonchev–Trinajstić information content (AvgIpc) is 2.75. The molecule has 0 spiro atoms. The largest absolute Gasteiger partial charge is 0.467 e. The van der Waals surface area contributed by atoms with E-state index in [0.717, 1.165) is 4.90 Å². The van der Waals surface area contributed by atoms with Gasteiger partial charge >= 0.3 is 6.18 Å². The Kier molecular flexibility index (Phi) is 5.53. The number of hydrogen-bond donors (Lipinski definition) is 0. The summed E-state index contributed by atoms with van der Waals surface area (Å²) in [6, 6.07) is 3.09. The summed E-state index contributed by atoms with van der Waals surface area (Å²) in [4.78, 5) is 12.4. The van der Waals surface area contributed by atoms with Gasteiger partial charge in [0.25, 0.3) is 0 Å². The summed E-state index contributed by atoms with van der Waals surface area (Å²) < 4.78 is 42.0. The van der Waals surface area contributed by atoms with Crippen LogP contribution in [0.1, 0.15) is 18.6 Å². The van der Waals surface area contributed by atoms with E-state index in [1.165, 1.54) is 12.3 Å². The van der Waals surface area contributed by atoms with Crippen LogP contribution < -0.4 is 0 Å². The zero-order chi connectivity index (χ0) is 13.6. The fraction of sp³-hybridized carbons (Fsp3) is 0.545. The van der Waals surface area contributed by atoms with Crippen molar-refractivity contribution in [1.82, 2.24) is 4.90 Å². The minimum Gasteiger partial charge on any atom is -0.467 e. The molecular formula is C11H13ClF3NO2. The van der Waals surface area contributed by atoms with Crippen LogP contribution in [0, 0.1) is 0 Å². The highest BCUT2D eigenvalue weighted by molar-refractivity contribution is 6.17. The number of alkyl halides is 4. The number of carbonyl (C=O) groups excluding carboxylic acids is 1. The topological polar surface area (TPSA) is 33.5 Å². The monoisotopic (exact) mass is 283 g/mol. The zero-order valence-corrected chi connectivity index (χ0v) is 10.3. The van der Waals surface area contributed by atoms with Crippen molar-refractivity contribution in [2.24, 2.45) is 0 Å². The lowest BCUT2D eigenvalue weighted by Gasteiger charge is -2.22. The normalized spacial score (nSPS) is 11.6. The van der Waals surface area contributed by atoms with Gasteiger partial charge < -0.3 is 9.32 Å². The molecule has 0 aromatic carbocycles. The molecule has 7 heteroatoms. The Balaban J connectivity index is 2.65. The van der Waals surface area contributed by atoms with E-state index in [9.17, 15) is 18.0 Å². The first-order valence-corrected chi connectivity index (χ1v) is 5.88. The predicted octanol–water partition coefficient (Wildman–Crippen LogP) is 3.19. The summed E-state index contributed by atoms with van der Waals surface area (Å²) in [5, 5.41) is 0. The molecule has 0 aliphatic heterocycles. The van der Waals surface area contributed by atoms with Crippen molar-refractivity contribution in [2.75, 3.05) is 12.4 Å². The van der Waals surface area contributed by atoms with Gasteiger partial charge in [-0.2, -0.15) is 13.2 Å². The number of carbonyl (C=O) groups is 1. The first kappa shape index (κ1) is 14.9. The SMILES string of the molecule is O=C(CCCCl)N(Cc1ccco1)CC(F)(F)F. The van der Waals surface area contributed by atoms with Crippen molar-refractivity contribution >= 4 is 17.5 Å². The number of halogens is 4. The smallest absolute Gasteiger partial charge is 0.406 e. The van der Waals surface area contributed by atoms with Crippen LogP contribution in [-0.4, -0.2) is 29.4 Å². The molecule has 0 atom stereocenters. The molecule has 0 aliphatic carbocycles. The molecule has 1 rings (SSSR count). The molecule has 102 valence electrons. The summed E-state index contributed by atoms with van der Waals surface area (Å²) in [5.74, 6) is -0.0188. The molecule has 1 amide bonds. The second-order valence-electron chi connectivity index (χ2n) is 3.74. The summed E-state index contributed by atoms with van der Waals surface area (Å²) in [6.45, 7) is -1.47. The summed E-state index contributed by atoms with van der Waals surface area (Å²) in [6.07, 6.45) is -2.72. The van der Waals surface area contributed by atoms with Crippen LogP contribution >= 0.6 is 11.6 Å². The molecule has 1 aromatic rings. The molecule has 0 bridgehead atoms. The molecular weight excluding hydrogens is 271 g/mol. The van der Waals surface area contributed by atoms with E-state index in [4.69, 9.17) is 16.0 Å². The van der Waals surface area contributed by atoms with Crippen LogP contribution in [0.25, 0.3) is 0 Å². The Bertz CT molecular complexity index is 365. The lowest BCUT2D eigenvalue weighted by atomic mass is 10.2. The van der Waals surface area contributed by atoms with E-state index in [1.807, 2.05) is 0 Å². The third kappa shape index (κ3) is 5.44. The van der Waals surface area contributed by atoms with E-state index in [0.29, 0.717) is 12.2 Å². The van der Waals surface area contributed by atoms with Gasteiger partial charge in [-0.3, -0.25) is 4.79 Å². The molecule has 0 aliphatic rings. The average molecular weight is 284 g/mol. The van der Waals surface area contributed by atoms with Crippen LogP contribution in [0.2, 0.25) is 0 Å². The third-order valence-corrected chi connectivity index (χ3v) is 2.44. The van der Waals surface area contributed by atoms with Crippen LogP contribution in [0.5, 0.6) is 0 Å². The molecule has 0 N–H and O–H groups in total. The van der Waals surface area contributed by atoms with Crippen molar-refractivity contribution in [3.05, 3.63) is 24.2 Å². The van der Waals surface area contributed by atoms with Crippen molar-refractivity contribution in [1.29, 1.82) is 0 Å². The third-order valence-electron chi connectivity index (χ3n) is 2.17. The molecule has 3 nitrogen and oxygen atoms in total. The quantitative estimate of drug-likeness (QED) is 0.751. The molecule has 0 saturated carbocycles. The standard InChI is InChI=1S/C11H13ClF3NO2/c12-5-1-4-10(17)16(8-11(13,14)15)7-9-3-2-6-18-9/h2-3,6H,1,4-5,7-8H2. The molecule has 1 heterocycles. The highest BCUT2D eigenvalue weighted by Gasteiger charge is 2.33. The fourth-order valence-corrected chi connectivity index (χ4v) is 1.55. The van der Waals surface area contributed by atoms with E-state index in [2.05, 4.69) is 0 Å². The highest BCUT2D eigenvalue weighted by Crippen LogP contribution is 2.19. The van der Waals surface area contributed by atoms with Crippen molar-refractivity contribution in [2.45, 2.75) is 25.6 Å². The lowest BCUT2D eigenvalue weighted by molar-refractivity contribution is -0.162. The maximum atomic E-state index is 12.4. The summed E-state index contributed by atoms with van der Waals surface area (Å²) >= 11 is 5.41. The molecule has 1 aromatic heterocycles. The first-order valence-electron chi connectivity index (χ1n) is 5.35. The number of hydrogen-bond acceptors (Lipinski definition) is 2. The Labute approximate surface area is 108 Å². The van der Waals surface area contributed by atoms with Gasteiger partial charge in [-0.25, -0.2) is 0 Å². The number of furan rings is 1. The van der Waals surface area contributed by atoms with E-state index in [1.54, 1.807) is 6.07 Å². The van der Waals surface area contributed by atoms with Gasteiger partial charge in [0.1, 0.15) is 12.3 Å². The van der Waals surface area contributed by atoms with Gasteiger partial charge in [0.15, 0.2) is 0 Å². The molecule has 0 saturated heterocycles. The van der Waals surface area contributed by atoms with Crippen molar-refractivity contribution in [3.63, 3.8) is 0 Å². The molecule has 18 heavy (non-hydrogen) atoms. The van der Waals surface area contributed by atoms with Crippen LogP contribution in [0.3, 0.4) is 0 Å². The van der Waals surface area contributed by atoms with Gasteiger partial charge in [-0.1, -0.05) is 0 Å². The number of rotatable bonds is 6. The maximum Gasteiger partial charge on any atom is 0.406 e. The predicted molar refractivity (Wildman–Crippen MR) is 60.1 cm³/mol. The second-order valence-corrected chi connectivity index (χ2v) is 4.11. The fourth-order valence-electron chi connectivity index (χ4n) is 1.42. The lowest BCUT2D eigenvalue weighted by Crippen LogP contribution is -2.38. The summed E-state index contributed by atoms with van der Waals surface area (Å²) in [7, 11) is 0. The molecule has 0 fully saturated rings.